The average Bonchev–Trinajstić information content (AvgIpc) is 3.00. The molecule has 0 atom stereocenters. The van der Waals surface area contributed by atoms with E-state index in [-0.39, 0.29) is 34.1 Å². The minimum atomic E-state index is -0.627. The second-order valence-corrected chi connectivity index (χ2v) is 5.95. The Bertz CT molecular complexity index is 1120. The van der Waals surface area contributed by atoms with Gasteiger partial charge in [0.25, 0.3) is 11.8 Å². The largest absolute Gasteiger partial charge is 0.504 e. The lowest BCUT2D eigenvalue weighted by molar-refractivity contribution is -0.114. The number of benzene rings is 2. The highest BCUT2D eigenvalue weighted by molar-refractivity contribution is 6.34. The van der Waals surface area contributed by atoms with E-state index < -0.39 is 11.8 Å². The Balaban J connectivity index is 1.90. The van der Waals surface area contributed by atoms with E-state index in [1.165, 1.54) is 29.0 Å². The van der Waals surface area contributed by atoms with Crippen molar-refractivity contribution < 1.29 is 19.8 Å². The van der Waals surface area contributed by atoms with Gasteiger partial charge in [-0.15, -0.1) is 0 Å². The van der Waals surface area contributed by atoms with Crippen molar-refractivity contribution in [3.05, 3.63) is 65.4 Å². The summed E-state index contributed by atoms with van der Waals surface area (Å²) in [5, 5.41) is 25.7. The van der Waals surface area contributed by atoms with Crippen molar-refractivity contribution in [3.8, 4) is 17.2 Å². The molecule has 2 heterocycles. The molecule has 0 unspecified atom stereocenters. The molecular formula is C19H14N4O4. The molecule has 27 heavy (non-hydrogen) atoms. The SMILES string of the molecule is Nc1c2c(nn1-c1ccccc1)/C(=C\c1ccc(O)c(O)c1)C(=O)NC2=O. The molecule has 0 bridgehead atoms. The van der Waals surface area contributed by atoms with Gasteiger partial charge in [0.1, 0.15) is 17.1 Å². The van der Waals surface area contributed by atoms with Crippen LogP contribution in [-0.2, 0) is 4.79 Å². The summed E-state index contributed by atoms with van der Waals surface area (Å²) in [6.07, 6.45) is 1.46. The number of imide groups is 1. The number of phenolic OH excluding ortho intramolecular Hbond substituents is 2. The minimum Gasteiger partial charge on any atom is -0.504 e. The summed E-state index contributed by atoms with van der Waals surface area (Å²) in [6, 6.07) is 13.1. The number of nitrogen functional groups attached to an aromatic ring is 1. The summed E-state index contributed by atoms with van der Waals surface area (Å²) < 4.78 is 1.39. The lowest BCUT2D eigenvalue weighted by atomic mass is 9.99. The summed E-state index contributed by atoms with van der Waals surface area (Å²) in [4.78, 5) is 24.7. The van der Waals surface area contributed by atoms with Crippen LogP contribution in [0.2, 0.25) is 0 Å². The minimum absolute atomic E-state index is 0.104. The number of nitrogens with one attached hydrogen (secondary N) is 1. The zero-order valence-electron chi connectivity index (χ0n) is 13.9. The smallest absolute Gasteiger partial charge is 0.264 e. The van der Waals surface area contributed by atoms with E-state index in [4.69, 9.17) is 5.73 Å². The summed E-state index contributed by atoms with van der Waals surface area (Å²) in [5.41, 5.74) is 7.59. The van der Waals surface area contributed by atoms with Crippen LogP contribution < -0.4 is 11.1 Å². The number of carbonyl (C=O) groups is 2. The van der Waals surface area contributed by atoms with Crippen molar-refractivity contribution in [3.63, 3.8) is 0 Å². The number of nitrogens with zero attached hydrogens (tertiary/aromatic N) is 2. The predicted molar refractivity (Wildman–Crippen MR) is 98.1 cm³/mol. The van der Waals surface area contributed by atoms with Crippen molar-refractivity contribution in [2.24, 2.45) is 0 Å². The Labute approximate surface area is 153 Å². The first-order valence-corrected chi connectivity index (χ1v) is 7.99. The molecule has 2 aromatic carbocycles. The third kappa shape index (κ3) is 2.69. The molecule has 0 radical (unpaired) electrons. The number of amides is 2. The van der Waals surface area contributed by atoms with Gasteiger partial charge >= 0.3 is 0 Å². The molecule has 0 saturated carbocycles. The molecule has 0 spiro atoms. The zero-order valence-corrected chi connectivity index (χ0v) is 13.9. The fraction of sp³-hybridized carbons (Fsp3) is 0. The third-order valence-corrected chi connectivity index (χ3v) is 4.19. The number of hydrogen-bond acceptors (Lipinski definition) is 6. The number of nitrogens with two attached hydrogens (primary N) is 1. The van der Waals surface area contributed by atoms with Crippen molar-refractivity contribution in [2.45, 2.75) is 0 Å². The highest BCUT2D eigenvalue weighted by Crippen LogP contribution is 2.32. The molecule has 0 aliphatic carbocycles. The van der Waals surface area contributed by atoms with Gasteiger partial charge in [-0.1, -0.05) is 24.3 Å². The van der Waals surface area contributed by atoms with Crippen LogP contribution in [0.25, 0.3) is 17.3 Å². The molecule has 0 fully saturated rings. The Hall–Kier alpha value is -4.07. The number of phenols is 2. The number of fused-ring (bicyclic) bond motifs is 1. The summed E-state index contributed by atoms with van der Waals surface area (Å²) in [6.45, 7) is 0. The van der Waals surface area contributed by atoms with Crippen LogP contribution >= 0.6 is 0 Å². The molecule has 0 saturated heterocycles. The van der Waals surface area contributed by atoms with Gasteiger partial charge in [0.2, 0.25) is 0 Å². The monoisotopic (exact) mass is 362 g/mol. The van der Waals surface area contributed by atoms with Crippen LogP contribution in [0.15, 0.2) is 48.5 Å². The number of anilines is 1. The maximum absolute atomic E-state index is 12.4. The Morgan fingerprint density at radius 1 is 1.00 bits per heavy atom. The third-order valence-electron chi connectivity index (χ3n) is 4.19. The average molecular weight is 362 g/mol. The molecule has 5 N–H and O–H groups in total. The summed E-state index contributed by atoms with van der Waals surface area (Å²) in [5.74, 6) is -1.75. The Kier molecular flexibility index (Phi) is 3.66. The molecule has 8 heteroatoms. The summed E-state index contributed by atoms with van der Waals surface area (Å²) in [7, 11) is 0. The predicted octanol–water partition coefficient (Wildman–Crippen LogP) is 1.68. The Morgan fingerprint density at radius 2 is 1.74 bits per heavy atom. The van der Waals surface area contributed by atoms with E-state index in [9.17, 15) is 19.8 Å². The molecule has 3 aromatic rings. The standard InChI is InChI=1S/C19H14N4O4/c20-17-15-16(22-23(17)11-4-2-1-3-5-11)12(18(26)21-19(15)27)8-10-6-7-13(24)14(25)9-10/h1-9,24-25H,20H2,(H,21,26,27)/b12-8+. The van der Waals surface area contributed by atoms with Gasteiger partial charge in [-0.2, -0.15) is 5.10 Å². The number of hydrogen-bond donors (Lipinski definition) is 4. The highest BCUT2D eigenvalue weighted by Gasteiger charge is 2.34. The van der Waals surface area contributed by atoms with Crippen LogP contribution in [0.1, 0.15) is 21.6 Å². The van der Waals surface area contributed by atoms with Crippen molar-refractivity contribution in [2.75, 3.05) is 5.73 Å². The number of aromatic nitrogens is 2. The fourth-order valence-corrected chi connectivity index (χ4v) is 2.88. The molecule has 1 aromatic heterocycles. The molecular weight excluding hydrogens is 348 g/mol. The van der Waals surface area contributed by atoms with Gasteiger partial charge in [0.05, 0.1) is 11.3 Å². The maximum Gasteiger partial charge on any atom is 0.264 e. The topological polar surface area (TPSA) is 130 Å². The Morgan fingerprint density at radius 3 is 2.44 bits per heavy atom. The normalized spacial score (nSPS) is 14.9. The first-order chi connectivity index (χ1) is 13.0. The number of carbonyl (C=O) groups excluding carboxylic acids is 2. The highest BCUT2D eigenvalue weighted by atomic mass is 16.3. The first-order valence-electron chi connectivity index (χ1n) is 7.99. The molecule has 134 valence electrons. The van der Waals surface area contributed by atoms with Crippen molar-refractivity contribution >= 4 is 29.3 Å². The van der Waals surface area contributed by atoms with Gasteiger partial charge in [0.15, 0.2) is 11.5 Å². The van der Waals surface area contributed by atoms with Crippen LogP contribution in [0.4, 0.5) is 5.82 Å². The number of para-hydroxylation sites is 1. The quantitative estimate of drug-likeness (QED) is 0.312. The van der Waals surface area contributed by atoms with E-state index in [2.05, 4.69) is 10.4 Å². The van der Waals surface area contributed by atoms with Crippen LogP contribution in [-0.4, -0.2) is 31.8 Å². The van der Waals surface area contributed by atoms with Gasteiger partial charge < -0.3 is 15.9 Å². The van der Waals surface area contributed by atoms with Gasteiger partial charge in [0, 0.05) is 0 Å². The van der Waals surface area contributed by atoms with E-state index in [1.54, 1.807) is 24.3 Å². The second-order valence-electron chi connectivity index (χ2n) is 5.95. The molecule has 2 amide bonds. The van der Waals surface area contributed by atoms with Crippen LogP contribution in [0, 0.1) is 0 Å². The lowest BCUT2D eigenvalue weighted by Crippen LogP contribution is -2.36. The van der Waals surface area contributed by atoms with Gasteiger partial charge in [-0.3, -0.25) is 14.9 Å². The van der Waals surface area contributed by atoms with Crippen LogP contribution in [0.5, 0.6) is 11.5 Å². The van der Waals surface area contributed by atoms with Crippen molar-refractivity contribution in [1.82, 2.24) is 15.1 Å². The molecule has 4 rings (SSSR count). The van der Waals surface area contributed by atoms with E-state index in [0.717, 1.165) is 0 Å². The van der Waals surface area contributed by atoms with E-state index in [0.29, 0.717) is 11.3 Å². The molecule has 1 aliphatic rings. The summed E-state index contributed by atoms with van der Waals surface area (Å²) >= 11 is 0. The molecule has 1 aliphatic heterocycles. The van der Waals surface area contributed by atoms with Gasteiger partial charge in [-0.25, -0.2) is 4.68 Å². The number of rotatable bonds is 2. The molecule has 8 nitrogen and oxygen atoms in total. The second kappa shape index (κ2) is 6.03. The lowest BCUT2D eigenvalue weighted by Gasteiger charge is -2.13. The van der Waals surface area contributed by atoms with E-state index >= 15 is 0 Å². The zero-order chi connectivity index (χ0) is 19.1. The van der Waals surface area contributed by atoms with Gasteiger partial charge in [-0.05, 0) is 35.9 Å². The fourth-order valence-electron chi connectivity index (χ4n) is 2.88. The van der Waals surface area contributed by atoms with Crippen molar-refractivity contribution in [1.29, 1.82) is 0 Å². The van der Waals surface area contributed by atoms with E-state index in [1.807, 2.05) is 6.07 Å². The number of aromatic hydroxyl groups is 2. The maximum atomic E-state index is 12.4. The first kappa shape index (κ1) is 16.4. The van der Waals surface area contributed by atoms with Crippen LogP contribution in [0.3, 0.4) is 0 Å².